The van der Waals surface area contributed by atoms with E-state index in [4.69, 9.17) is 5.73 Å². The van der Waals surface area contributed by atoms with Crippen LogP contribution in [0.5, 0.6) is 0 Å². The van der Waals surface area contributed by atoms with Gasteiger partial charge in [-0.1, -0.05) is 0 Å². The number of hydrogen-bond acceptors (Lipinski definition) is 5. The smallest absolute Gasteiger partial charge is 0.152 e. The first-order valence-electron chi connectivity index (χ1n) is 6.02. The lowest BCUT2D eigenvalue weighted by Gasteiger charge is -2.27. The highest BCUT2D eigenvalue weighted by molar-refractivity contribution is 7.91. The van der Waals surface area contributed by atoms with E-state index in [0.717, 1.165) is 16.9 Å². The maximum Gasteiger partial charge on any atom is 0.152 e. The predicted octanol–water partition coefficient (Wildman–Crippen LogP) is 0.472. The van der Waals surface area contributed by atoms with Crippen molar-refractivity contribution < 1.29 is 8.42 Å². The molecule has 0 amide bonds. The second-order valence-electron chi connectivity index (χ2n) is 4.80. The number of hydrogen-bond donors (Lipinski definition) is 1. The lowest BCUT2D eigenvalue weighted by atomic mass is 10.1. The summed E-state index contributed by atoms with van der Waals surface area (Å²) in [5, 5.41) is 0. The van der Waals surface area contributed by atoms with Gasteiger partial charge in [0.25, 0.3) is 0 Å². The minimum atomic E-state index is -2.88. The summed E-state index contributed by atoms with van der Waals surface area (Å²) in [7, 11) is -0.984. The fraction of sp³-hybridized carbons (Fsp3) is 0.583. The molecule has 0 aliphatic carbocycles. The first-order valence-corrected chi connectivity index (χ1v) is 7.84. The molecule has 1 aliphatic heterocycles. The van der Waals surface area contributed by atoms with E-state index in [1.54, 1.807) is 6.20 Å². The molecular weight excluding hydrogens is 250 g/mol. The van der Waals surface area contributed by atoms with Gasteiger partial charge in [0.05, 0.1) is 11.5 Å². The van der Waals surface area contributed by atoms with Crippen molar-refractivity contribution >= 4 is 15.7 Å². The van der Waals surface area contributed by atoms with E-state index in [0.29, 0.717) is 13.0 Å². The Morgan fingerprint density at radius 1 is 1.56 bits per heavy atom. The van der Waals surface area contributed by atoms with Crippen molar-refractivity contribution in [1.29, 1.82) is 0 Å². The Morgan fingerprint density at radius 3 is 2.83 bits per heavy atom. The van der Waals surface area contributed by atoms with E-state index < -0.39 is 9.84 Å². The minimum absolute atomic E-state index is 0.00889. The van der Waals surface area contributed by atoms with Crippen molar-refractivity contribution in [2.24, 2.45) is 5.73 Å². The van der Waals surface area contributed by atoms with E-state index in [-0.39, 0.29) is 17.5 Å². The molecule has 5 nitrogen and oxygen atoms in total. The topological polar surface area (TPSA) is 76.3 Å². The SMILES string of the molecule is Cc1ccnc(N(C)C2CCS(=O)(=O)C2)c1CN. The Bertz CT molecular complexity index is 542. The minimum Gasteiger partial charge on any atom is -0.355 e. The van der Waals surface area contributed by atoms with E-state index >= 15 is 0 Å². The van der Waals surface area contributed by atoms with Gasteiger partial charge in [0.15, 0.2) is 9.84 Å². The molecule has 0 bridgehead atoms. The van der Waals surface area contributed by atoms with Crippen molar-refractivity contribution in [2.75, 3.05) is 23.5 Å². The van der Waals surface area contributed by atoms with Crippen molar-refractivity contribution in [3.63, 3.8) is 0 Å². The third-order valence-electron chi connectivity index (χ3n) is 3.56. The number of nitrogens with zero attached hydrogens (tertiary/aromatic N) is 2. The highest BCUT2D eigenvalue weighted by atomic mass is 32.2. The Balaban J connectivity index is 2.29. The summed E-state index contributed by atoms with van der Waals surface area (Å²) in [6.45, 7) is 2.41. The van der Waals surface area contributed by atoms with Gasteiger partial charge in [0.1, 0.15) is 5.82 Å². The number of rotatable bonds is 3. The molecule has 1 unspecified atom stereocenters. The molecule has 18 heavy (non-hydrogen) atoms. The summed E-state index contributed by atoms with van der Waals surface area (Å²) in [6, 6.07) is 1.93. The van der Waals surface area contributed by atoms with Crippen molar-refractivity contribution in [3.05, 3.63) is 23.4 Å². The maximum atomic E-state index is 11.5. The van der Waals surface area contributed by atoms with Crippen LogP contribution in [0, 0.1) is 6.92 Å². The molecule has 1 atom stereocenters. The molecular formula is C12H19N3O2S. The number of sulfone groups is 1. The van der Waals surface area contributed by atoms with E-state index in [1.807, 2.05) is 24.9 Å². The van der Waals surface area contributed by atoms with Crippen LogP contribution in [0.15, 0.2) is 12.3 Å². The molecule has 2 heterocycles. The van der Waals surface area contributed by atoms with Gasteiger partial charge in [0, 0.05) is 31.4 Å². The zero-order valence-corrected chi connectivity index (χ0v) is 11.6. The second kappa shape index (κ2) is 4.85. The number of anilines is 1. The first kappa shape index (κ1) is 13.3. The fourth-order valence-corrected chi connectivity index (χ4v) is 4.16. The largest absolute Gasteiger partial charge is 0.355 e. The lowest BCUT2D eigenvalue weighted by molar-refractivity contribution is 0.600. The molecule has 0 spiro atoms. The van der Waals surface area contributed by atoms with Gasteiger partial charge in [-0.05, 0) is 25.0 Å². The van der Waals surface area contributed by atoms with Gasteiger partial charge in [-0.2, -0.15) is 0 Å². The number of pyridine rings is 1. The molecule has 1 aromatic heterocycles. The van der Waals surface area contributed by atoms with E-state index in [2.05, 4.69) is 4.98 Å². The molecule has 2 N–H and O–H groups in total. The molecule has 100 valence electrons. The van der Waals surface area contributed by atoms with Crippen LogP contribution in [0.4, 0.5) is 5.82 Å². The van der Waals surface area contributed by atoms with Gasteiger partial charge in [0.2, 0.25) is 0 Å². The van der Waals surface area contributed by atoms with Gasteiger partial charge >= 0.3 is 0 Å². The predicted molar refractivity (Wildman–Crippen MR) is 72.3 cm³/mol. The van der Waals surface area contributed by atoms with Gasteiger partial charge in [-0.25, -0.2) is 13.4 Å². The van der Waals surface area contributed by atoms with Crippen LogP contribution in [-0.2, 0) is 16.4 Å². The first-order chi connectivity index (χ1) is 8.44. The van der Waals surface area contributed by atoms with Crippen LogP contribution in [-0.4, -0.2) is 38.0 Å². The molecule has 1 aliphatic rings. The Labute approximate surface area is 108 Å². The van der Waals surface area contributed by atoms with Crippen LogP contribution in [0.1, 0.15) is 17.5 Å². The monoisotopic (exact) mass is 269 g/mol. The van der Waals surface area contributed by atoms with Crippen molar-refractivity contribution in [3.8, 4) is 0 Å². The van der Waals surface area contributed by atoms with Crippen molar-refractivity contribution in [2.45, 2.75) is 25.9 Å². The molecule has 6 heteroatoms. The summed E-state index contributed by atoms with van der Waals surface area (Å²) in [5.41, 5.74) is 7.84. The third-order valence-corrected chi connectivity index (χ3v) is 5.31. The number of aromatic nitrogens is 1. The van der Waals surface area contributed by atoms with Crippen LogP contribution >= 0.6 is 0 Å². The van der Waals surface area contributed by atoms with Crippen LogP contribution in [0.3, 0.4) is 0 Å². The van der Waals surface area contributed by atoms with Gasteiger partial charge in [-0.3, -0.25) is 0 Å². The molecule has 1 saturated heterocycles. The summed E-state index contributed by atoms with van der Waals surface area (Å²) in [6.07, 6.45) is 2.41. The third kappa shape index (κ3) is 2.49. The summed E-state index contributed by atoms with van der Waals surface area (Å²) >= 11 is 0. The Hall–Kier alpha value is -1.14. The number of aryl methyl sites for hydroxylation is 1. The standard InChI is InChI=1S/C12H19N3O2S/c1-9-3-5-14-12(11(9)7-13)15(2)10-4-6-18(16,17)8-10/h3,5,10H,4,6-8,13H2,1-2H3. The van der Waals surface area contributed by atoms with Crippen LogP contribution in [0.2, 0.25) is 0 Å². The average Bonchev–Trinajstić information content (AvgIpc) is 2.68. The zero-order chi connectivity index (χ0) is 13.3. The quantitative estimate of drug-likeness (QED) is 0.863. The van der Waals surface area contributed by atoms with Gasteiger partial charge < -0.3 is 10.6 Å². The Kier molecular flexibility index (Phi) is 3.59. The highest BCUT2D eigenvalue weighted by Crippen LogP contribution is 2.25. The van der Waals surface area contributed by atoms with Gasteiger partial charge in [-0.15, -0.1) is 0 Å². The van der Waals surface area contributed by atoms with Crippen molar-refractivity contribution in [1.82, 2.24) is 4.98 Å². The molecule has 0 radical (unpaired) electrons. The summed E-state index contributed by atoms with van der Waals surface area (Å²) in [5.74, 6) is 1.29. The molecule has 1 fully saturated rings. The average molecular weight is 269 g/mol. The summed E-state index contributed by atoms with van der Waals surface area (Å²) in [4.78, 5) is 6.31. The molecule has 1 aromatic rings. The maximum absolute atomic E-state index is 11.5. The Morgan fingerprint density at radius 2 is 2.28 bits per heavy atom. The van der Waals surface area contributed by atoms with E-state index in [1.165, 1.54) is 0 Å². The zero-order valence-electron chi connectivity index (χ0n) is 10.8. The molecule has 0 saturated carbocycles. The fourth-order valence-electron chi connectivity index (χ4n) is 2.38. The molecule has 0 aromatic carbocycles. The summed E-state index contributed by atoms with van der Waals surface area (Å²) < 4.78 is 23.1. The second-order valence-corrected chi connectivity index (χ2v) is 7.03. The van der Waals surface area contributed by atoms with Crippen LogP contribution in [0.25, 0.3) is 0 Å². The van der Waals surface area contributed by atoms with E-state index in [9.17, 15) is 8.42 Å². The number of nitrogens with two attached hydrogens (primary N) is 1. The normalized spacial score (nSPS) is 22.1. The van der Waals surface area contributed by atoms with Crippen LogP contribution < -0.4 is 10.6 Å². The lowest BCUT2D eigenvalue weighted by Crippen LogP contribution is -2.34. The molecule has 2 rings (SSSR count). The highest BCUT2D eigenvalue weighted by Gasteiger charge is 2.31.